The molecule has 0 aliphatic heterocycles. The van der Waals surface area contributed by atoms with Gasteiger partial charge in [0.05, 0.1) is 69.0 Å². The van der Waals surface area contributed by atoms with Gasteiger partial charge in [-0.1, -0.05) is 10.4 Å². The van der Waals surface area contributed by atoms with E-state index in [1.807, 2.05) is 6.07 Å². The molecule has 2 N–H and O–H groups in total. The lowest BCUT2D eigenvalue weighted by Gasteiger charge is -2.11. The first-order valence-corrected chi connectivity index (χ1v) is 11.8. The summed E-state index contributed by atoms with van der Waals surface area (Å²) in [6.07, 6.45) is -7.59. The number of rotatable bonds is 6. The molecule has 0 saturated carbocycles. The summed E-state index contributed by atoms with van der Waals surface area (Å²) in [5, 5.41) is 43.0. The van der Waals surface area contributed by atoms with Crippen LogP contribution in [-0.2, 0) is 12.4 Å². The molecule has 0 bridgehead atoms. The zero-order valence-electron chi connectivity index (χ0n) is 21.3. The second-order valence-corrected chi connectivity index (χ2v) is 8.90. The van der Waals surface area contributed by atoms with Gasteiger partial charge in [-0.15, -0.1) is 10.2 Å². The van der Waals surface area contributed by atoms with E-state index in [1.165, 1.54) is 24.5 Å². The van der Waals surface area contributed by atoms with Crippen LogP contribution in [0.4, 0.5) is 26.3 Å². The summed E-state index contributed by atoms with van der Waals surface area (Å²) in [5.41, 5.74) is -5.04. The van der Waals surface area contributed by atoms with Crippen molar-refractivity contribution in [3.63, 3.8) is 0 Å². The Morgan fingerprint density at radius 2 is 1.09 bits per heavy atom. The van der Waals surface area contributed by atoms with Gasteiger partial charge in [0, 0.05) is 0 Å². The average molecular weight is 614 g/mol. The van der Waals surface area contributed by atoms with Crippen LogP contribution in [0, 0.1) is 11.3 Å². The van der Waals surface area contributed by atoms with Gasteiger partial charge < -0.3 is 10.2 Å². The number of nitrogens with zero attached hydrogens (tertiary/aromatic N) is 8. The summed E-state index contributed by atoms with van der Waals surface area (Å²) in [4.78, 5) is 26.8. The van der Waals surface area contributed by atoms with Crippen molar-refractivity contribution >= 4 is 11.9 Å². The van der Waals surface area contributed by atoms with E-state index in [-0.39, 0.29) is 39.7 Å². The van der Waals surface area contributed by atoms with Gasteiger partial charge in [0.1, 0.15) is 11.4 Å². The maximum Gasteiger partial charge on any atom is 0.417 e. The predicted octanol–water partition coefficient (Wildman–Crippen LogP) is 4.88. The first-order valence-electron chi connectivity index (χ1n) is 11.8. The lowest BCUT2D eigenvalue weighted by atomic mass is 10.1. The standard InChI is InChI=1S/C26H12F6N8O4/c27-25(28,29)17-7-13(1-3-15(17)23(41)42)39-10-21(35-37-39)19-5-12(9-33)6-20(34-19)22-11-40(38-36-22)14-2-4-16(24(43)44)18(8-14)26(30,31)32/h1-8,10-11H,(H,41,42)(H,43,44). The van der Waals surface area contributed by atoms with E-state index >= 15 is 0 Å². The average Bonchev–Trinajstić information content (AvgIpc) is 3.66. The molecule has 0 aliphatic carbocycles. The van der Waals surface area contributed by atoms with E-state index in [1.54, 1.807) is 0 Å². The Morgan fingerprint density at radius 3 is 1.43 bits per heavy atom. The molecule has 0 amide bonds. The smallest absolute Gasteiger partial charge is 0.417 e. The number of benzene rings is 2. The summed E-state index contributed by atoms with van der Waals surface area (Å²) in [6, 6.07) is 9.35. The van der Waals surface area contributed by atoms with E-state index in [2.05, 4.69) is 25.6 Å². The van der Waals surface area contributed by atoms with E-state index in [0.717, 1.165) is 33.6 Å². The van der Waals surface area contributed by atoms with Crippen molar-refractivity contribution in [1.82, 2.24) is 35.0 Å². The van der Waals surface area contributed by atoms with Crippen LogP contribution < -0.4 is 0 Å². The van der Waals surface area contributed by atoms with Gasteiger partial charge in [-0.05, 0) is 48.5 Å². The normalized spacial score (nSPS) is 11.8. The molecule has 0 atom stereocenters. The molecule has 0 spiro atoms. The number of carboxylic acids is 2. The zero-order chi connectivity index (χ0) is 32.0. The number of halogens is 6. The van der Waals surface area contributed by atoms with Gasteiger partial charge in [-0.25, -0.2) is 23.9 Å². The van der Waals surface area contributed by atoms with Crippen LogP contribution in [0.2, 0.25) is 0 Å². The number of carbonyl (C=O) groups is 2. The SMILES string of the molecule is N#Cc1cc(-c2cn(-c3ccc(C(=O)O)c(C(F)(F)F)c3)nn2)nc(-c2cn(-c3ccc(C(=O)O)c(C(F)(F)F)c3)nn2)c1. The van der Waals surface area contributed by atoms with Gasteiger partial charge >= 0.3 is 24.3 Å². The molecule has 2 aromatic carbocycles. The number of hydrogen-bond acceptors (Lipinski definition) is 8. The molecule has 0 aliphatic rings. The molecule has 5 rings (SSSR count). The fourth-order valence-corrected chi connectivity index (χ4v) is 4.06. The number of nitriles is 1. The minimum absolute atomic E-state index is 0.00862. The van der Waals surface area contributed by atoms with E-state index < -0.39 is 46.5 Å². The third-order valence-electron chi connectivity index (χ3n) is 6.07. The van der Waals surface area contributed by atoms with Gasteiger partial charge in [0.15, 0.2) is 0 Å². The molecular formula is C26H12F6N8O4. The van der Waals surface area contributed by atoms with Crippen molar-refractivity contribution in [2.75, 3.05) is 0 Å². The largest absolute Gasteiger partial charge is 0.478 e. The van der Waals surface area contributed by atoms with Crippen LogP contribution in [0.3, 0.4) is 0 Å². The lowest BCUT2D eigenvalue weighted by molar-refractivity contribution is -0.138. The van der Waals surface area contributed by atoms with Gasteiger partial charge in [0.25, 0.3) is 0 Å². The molecule has 44 heavy (non-hydrogen) atoms. The van der Waals surface area contributed by atoms with Crippen molar-refractivity contribution in [1.29, 1.82) is 5.26 Å². The minimum atomic E-state index is -4.98. The third-order valence-corrected chi connectivity index (χ3v) is 6.07. The molecule has 0 unspecified atom stereocenters. The summed E-state index contributed by atoms with van der Waals surface area (Å²) in [6.45, 7) is 0. The fourth-order valence-electron chi connectivity index (χ4n) is 4.06. The van der Waals surface area contributed by atoms with E-state index in [4.69, 9.17) is 10.2 Å². The Bertz CT molecular complexity index is 1860. The highest BCUT2D eigenvalue weighted by molar-refractivity contribution is 5.90. The van der Waals surface area contributed by atoms with Crippen LogP contribution in [0.5, 0.6) is 0 Å². The molecule has 3 heterocycles. The second-order valence-electron chi connectivity index (χ2n) is 8.90. The van der Waals surface area contributed by atoms with Gasteiger partial charge in [0.2, 0.25) is 0 Å². The quantitative estimate of drug-likeness (QED) is 0.251. The van der Waals surface area contributed by atoms with Crippen molar-refractivity contribution in [3.8, 4) is 40.2 Å². The van der Waals surface area contributed by atoms with Crippen LogP contribution in [0.25, 0.3) is 34.2 Å². The van der Waals surface area contributed by atoms with Crippen LogP contribution in [0.15, 0.2) is 60.9 Å². The highest BCUT2D eigenvalue weighted by Gasteiger charge is 2.37. The van der Waals surface area contributed by atoms with Crippen molar-refractivity contribution < 1.29 is 46.1 Å². The highest BCUT2D eigenvalue weighted by atomic mass is 19.4. The van der Waals surface area contributed by atoms with Crippen molar-refractivity contribution in [2.45, 2.75) is 12.4 Å². The highest BCUT2D eigenvalue weighted by Crippen LogP contribution is 2.35. The Balaban J connectivity index is 1.51. The summed E-state index contributed by atoms with van der Waals surface area (Å²) in [5.74, 6) is -3.55. The molecule has 12 nitrogen and oxygen atoms in total. The zero-order valence-corrected chi connectivity index (χ0v) is 21.3. The molecule has 3 aromatic heterocycles. The Hall–Kier alpha value is -6.12. The summed E-state index contributed by atoms with van der Waals surface area (Å²) < 4.78 is 82.6. The number of carboxylic acid groups (broad SMARTS) is 2. The second kappa shape index (κ2) is 10.6. The predicted molar refractivity (Wildman–Crippen MR) is 134 cm³/mol. The van der Waals surface area contributed by atoms with Crippen LogP contribution >= 0.6 is 0 Å². The summed E-state index contributed by atoms with van der Waals surface area (Å²) in [7, 11) is 0. The fraction of sp³-hybridized carbons (Fsp3) is 0.0769. The maximum atomic E-state index is 13.5. The maximum absolute atomic E-state index is 13.5. The molecule has 5 aromatic rings. The molecule has 0 radical (unpaired) electrons. The van der Waals surface area contributed by atoms with Crippen molar-refractivity contribution in [3.05, 3.63) is 88.7 Å². The Kier molecular flexibility index (Phi) is 7.09. The Labute approximate surface area is 240 Å². The molecule has 0 fully saturated rings. The van der Waals surface area contributed by atoms with Crippen molar-refractivity contribution in [2.24, 2.45) is 0 Å². The van der Waals surface area contributed by atoms with E-state index in [9.17, 15) is 41.2 Å². The number of aromatic nitrogens is 7. The number of alkyl halides is 6. The lowest BCUT2D eigenvalue weighted by Crippen LogP contribution is -2.14. The van der Waals surface area contributed by atoms with Gasteiger partial charge in [-0.2, -0.15) is 31.6 Å². The molecule has 18 heteroatoms. The molecular weight excluding hydrogens is 602 g/mol. The molecule has 222 valence electrons. The topological polar surface area (TPSA) is 173 Å². The van der Waals surface area contributed by atoms with Crippen LogP contribution in [0.1, 0.15) is 37.4 Å². The Morgan fingerprint density at radius 1 is 0.682 bits per heavy atom. The minimum Gasteiger partial charge on any atom is -0.478 e. The summed E-state index contributed by atoms with van der Waals surface area (Å²) >= 11 is 0. The number of aromatic carboxylic acids is 2. The van der Waals surface area contributed by atoms with Gasteiger partial charge in [-0.3, -0.25) is 0 Å². The van der Waals surface area contributed by atoms with E-state index in [0.29, 0.717) is 12.1 Å². The number of hydrogen-bond donors (Lipinski definition) is 2. The third kappa shape index (κ3) is 5.65. The first kappa shape index (κ1) is 29.4. The molecule has 0 saturated heterocycles. The van der Waals surface area contributed by atoms with Crippen LogP contribution in [-0.4, -0.2) is 57.1 Å². The number of pyridine rings is 1. The first-order chi connectivity index (χ1) is 20.7. The monoisotopic (exact) mass is 614 g/mol.